The van der Waals surface area contributed by atoms with Gasteiger partial charge in [0.2, 0.25) is 0 Å². The highest BCUT2D eigenvalue weighted by Crippen LogP contribution is 2.40. The Morgan fingerprint density at radius 3 is 2.30 bits per heavy atom. The summed E-state index contributed by atoms with van der Waals surface area (Å²) in [5.41, 5.74) is 0.746. The van der Waals surface area contributed by atoms with Crippen LogP contribution in [0.1, 0.15) is 51.6 Å². The minimum absolute atomic E-state index is 0.0557. The van der Waals surface area contributed by atoms with Crippen LogP contribution < -0.4 is 5.32 Å². The highest BCUT2D eigenvalue weighted by molar-refractivity contribution is 5.22. The Kier molecular flexibility index (Phi) is 5.14. The van der Waals surface area contributed by atoms with Crippen LogP contribution in [0.25, 0.3) is 0 Å². The predicted octanol–water partition coefficient (Wildman–Crippen LogP) is 4.69. The van der Waals surface area contributed by atoms with Crippen molar-refractivity contribution in [1.29, 1.82) is 0 Å². The van der Waals surface area contributed by atoms with Gasteiger partial charge in [-0.3, -0.25) is 0 Å². The summed E-state index contributed by atoms with van der Waals surface area (Å²) in [4.78, 5) is 0. The topological polar surface area (TPSA) is 12.0 Å². The van der Waals surface area contributed by atoms with Gasteiger partial charge in [0, 0.05) is 12.1 Å². The van der Waals surface area contributed by atoms with E-state index in [9.17, 15) is 8.78 Å². The van der Waals surface area contributed by atoms with Gasteiger partial charge in [-0.1, -0.05) is 27.2 Å². The Balaban J connectivity index is 2.22. The van der Waals surface area contributed by atoms with E-state index < -0.39 is 11.6 Å². The first-order valence-corrected chi connectivity index (χ1v) is 7.70. The van der Waals surface area contributed by atoms with Gasteiger partial charge in [0.05, 0.1) is 0 Å². The Bertz CT molecular complexity index is 426. The standard InChI is InChI=1S/C17H25F2N/c1-4-20-17(13-6-5-11(2)12(3)7-13)14-8-15(18)10-16(19)9-14/h8-13,17,20H,4-7H2,1-3H3. The van der Waals surface area contributed by atoms with Gasteiger partial charge in [0.15, 0.2) is 0 Å². The predicted molar refractivity (Wildman–Crippen MR) is 78.4 cm³/mol. The molecule has 1 aromatic carbocycles. The van der Waals surface area contributed by atoms with Crippen LogP contribution in [0.3, 0.4) is 0 Å². The highest BCUT2D eigenvalue weighted by atomic mass is 19.1. The molecule has 1 aliphatic carbocycles. The number of nitrogens with one attached hydrogen (secondary N) is 1. The van der Waals surface area contributed by atoms with Crippen LogP contribution in [0.2, 0.25) is 0 Å². The van der Waals surface area contributed by atoms with E-state index >= 15 is 0 Å². The van der Waals surface area contributed by atoms with E-state index in [1.165, 1.54) is 18.6 Å². The Morgan fingerprint density at radius 2 is 1.75 bits per heavy atom. The molecule has 0 bridgehead atoms. The molecule has 112 valence electrons. The minimum Gasteiger partial charge on any atom is -0.310 e. The summed E-state index contributed by atoms with van der Waals surface area (Å²) in [6.07, 6.45) is 3.45. The molecule has 0 amide bonds. The Morgan fingerprint density at radius 1 is 1.10 bits per heavy atom. The molecule has 0 heterocycles. The maximum absolute atomic E-state index is 13.5. The highest BCUT2D eigenvalue weighted by Gasteiger charge is 2.31. The third-order valence-electron chi connectivity index (χ3n) is 4.78. The fourth-order valence-electron chi connectivity index (χ4n) is 3.42. The second-order valence-electron chi connectivity index (χ2n) is 6.27. The number of rotatable bonds is 4. The third kappa shape index (κ3) is 3.57. The lowest BCUT2D eigenvalue weighted by atomic mass is 9.72. The van der Waals surface area contributed by atoms with E-state index in [2.05, 4.69) is 19.2 Å². The van der Waals surface area contributed by atoms with Crippen LogP contribution in [0, 0.1) is 29.4 Å². The molecule has 0 saturated heterocycles. The summed E-state index contributed by atoms with van der Waals surface area (Å²) in [7, 11) is 0. The Hall–Kier alpha value is -0.960. The third-order valence-corrected chi connectivity index (χ3v) is 4.78. The molecule has 1 saturated carbocycles. The quantitative estimate of drug-likeness (QED) is 0.844. The van der Waals surface area contributed by atoms with Gasteiger partial charge in [0.25, 0.3) is 0 Å². The molecule has 2 rings (SSSR count). The van der Waals surface area contributed by atoms with Crippen molar-refractivity contribution in [3.8, 4) is 0 Å². The first kappa shape index (κ1) is 15.4. The lowest BCUT2D eigenvalue weighted by Crippen LogP contribution is -2.33. The number of hydrogen-bond donors (Lipinski definition) is 1. The van der Waals surface area contributed by atoms with Gasteiger partial charge < -0.3 is 5.32 Å². The zero-order valence-corrected chi connectivity index (χ0v) is 12.6. The van der Waals surface area contributed by atoms with Crippen molar-refractivity contribution in [2.75, 3.05) is 6.54 Å². The van der Waals surface area contributed by atoms with E-state index in [1.54, 1.807) is 0 Å². The zero-order chi connectivity index (χ0) is 14.7. The molecule has 4 unspecified atom stereocenters. The molecule has 0 radical (unpaired) electrons. The van der Waals surface area contributed by atoms with Crippen molar-refractivity contribution in [3.05, 3.63) is 35.4 Å². The average Bonchev–Trinajstić information content (AvgIpc) is 2.38. The van der Waals surface area contributed by atoms with Crippen molar-refractivity contribution >= 4 is 0 Å². The van der Waals surface area contributed by atoms with E-state index in [-0.39, 0.29) is 6.04 Å². The molecule has 3 heteroatoms. The van der Waals surface area contributed by atoms with Crippen molar-refractivity contribution in [1.82, 2.24) is 5.32 Å². The maximum Gasteiger partial charge on any atom is 0.126 e. The van der Waals surface area contributed by atoms with Crippen LogP contribution >= 0.6 is 0 Å². The van der Waals surface area contributed by atoms with E-state index in [1.807, 2.05) is 6.92 Å². The Labute approximate surface area is 120 Å². The summed E-state index contributed by atoms with van der Waals surface area (Å²) < 4.78 is 26.9. The van der Waals surface area contributed by atoms with E-state index in [0.717, 1.165) is 36.9 Å². The lowest BCUT2D eigenvalue weighted by molar-refractivity contribution is 0.171. The molecule has 0 spiro atoms. The number of benzene rings is 1. The molecular formula is C17H25F2N. The van der Waals surface area contributed by atoms with Gasteiger partial charge >= 0.3 is 0 Å². The number of hydrogen-bond acceptors (Lipinski definition) is 1. The van der Waals surface area contributed by atoms with Crippen molar-refractivity contribution in [2.24, 2.45) is 17.8 Å². The fraction of sp³-hybridized carbons (Fsp3) is 0.647. The summed E-state index contributed by atoms with van der Waals surface area (Å²) in [5, 5.41) is 3.43. The average molecular weight is 281 g/mol. The van der Waals surface area contributed by atoms with Crippen LogP contribution in [0.5, 0.6) is 0 Å². The van der Waals surface area contributed by atoms with Gasteiger partial charge in [-0.2, -0.15) is 0 Å². The van der Waals surface area contributed by atoms with E-state index in [0.29, 0.717) is 11.8 Å². The van der Waals surface area contributed by atoms with Gasteiger partial charge in [-0.15, -0.1) is 0 Å². The summed E-state index contributed by atoms with van der Waals surface area (Å²) >= 11 is 0. The van der Waals surface area contributed by atoms with Gasteiger partial charge in [-0.05, 0) is 54.8 Å². The lowest BCUT2D eigenvalue weighted by Gasteiger charge is -2.37. The van der Waals surface area contributed by atoms with Crippen molar-refractivity contribution in [3.63, 3.8) is 0 Å². The minimum atomic E-state index is -0.486. The molecule has 0 aliphatic heterocycles. The molecule has 4 atom stereocenters. The molecule has 0 aromatic heterocycles. The molecule has 1 nitrogen and oxygen atoms in total. The fourth-order valence-corrected chi connectivity index (χ4v) is 3.42. The van der Waals surface area contributed by atoms with Crippen molar-refractivity contribution in [2.45, 2.75) is 46.1 Å². The monoisotopic (exact) mass is 281 g/mol. The molecule has 20 heavy (non-hydrogen) atoms. The molecule has 1 aromatic rings. The summed E-state index contributed by atoms with van der Waals surface area (Å²) in [6.45, 7) is 7.43. The van der Waals surface area contributed by atoms with Crippen LogP contribution in [0.4, 0.5) is 8.78 Å². The SMILES string of the molecule is CCNC(c1cc(F)cc(F)c1)C1CCC(C)C(C)C1. The zero-order valence-electron chi connectivity index (χ0n) is 12.6. The molecular weight excluding hydrogens is 256 g/mol. The smallest absolute Gasteiger partial charge is 0.126 e. The summed E-state index contributed by atoms with van der Waals surface area (Å²) in [6, 6.07) is 3.94. The first-order valence-electron chi connectivity index (χ1n) is 7.70. The second-order valence-corrected chi connectivity index (χ2v) is 6.27. The van der Waals surface area contributed by atoms with Crippen LogP contribution in [-0.4, -0.2) is 6.54 Å². The first-order chi connectivity index (χ1) is 9.51. The maximum atomic E-state index is 13.5. The molecule has 1 N–H and O–H groups in total. The second kappa shape index (κ2) is 6.66. The molecule has 1 aliphatic rings. The normalized spacial score (nSPS) is 28.4. The van der Waals surface area contributed by atoms with Gasteiger partial charge in [0.1, 0.15) is 11.6 Å². The largest absolute Gasteiger partial charge is 0.310 e. The van der Waals surface area contributed by atoms with Gasteiger partial charge in [-0.25, -0.2) is 8.78 Å². The van der Waals surface area contributed by atoms with Crippen LogP contribution in [0.15, 0.2) is 18.2 Å². The van der Waals surface area contributed by atoms with Crippen molar-refractivity contribution < 1.29 is 8.78 Å². The molecule has 1 fully saturated rings. The number of halogens is 2. The van der Waals surface area contributed by atoms with Crippen LogP contribution in [-0.2, 0) is 0 Å². The van der Waals surface area contributed by atoms with E-state index in [4.69, 9.17) is 0 Å². The summed E-state index contributed by atoms with van der Waals surface area (Å²) in [5.74, 6) is 0.911.